The molecule has 0 amide bonds. The minimum absolute atomic E-state index is 0. The summed E-state index contributed by atoms with van der Waals surface area (Å²) in [4.78, 5) is 1.75. The quantitative estimate of drug-likeness (QED) is 0.767. The molecule has 1 atom stereocenters. The molecule has 0 saturated carbocycles. The lowest BCUT2D eigenvalue weighted by molar-refractivity contribution is 0.156. The van der Waals surface area contributed by atoms with Crippen LogP contribution in [0.2, 0.25) is 0 Å². The van der Waals surface area contributed by atoms with Gasteiger partial charge in [0.1, 0.15) is 5.37 Å². The van der Waals surface area contributed by atoms with E-state index in [1.807, 2.05) is 27.7 Å². The van der Waals surface area contributed by atoms with Crippen molar-refractivity contribution in [2.75, 3.05) is 0 Å². The summed E-state index contributed by atoms with van der Waals surface area (Å²) < 4.78 is 30.7. The molecule has 1 unspecified atom stereocenters. The Balaban J connectivity index is 0. The van der Waals surface area contributed by atoms with Crippen LogP contribution in [0, 0.1) is 0 Å². The summed E-state index contributed by atoms with van der Waals surface area (Å²) in [5, 5.41) is -0.840. The summed E-state index contributed by atoms with van der Waals surface area (Å²) in [6, 6.07) is 0.189. The Bertz CT molecular complexity index is 243. The van der Waals surface area contributed by atoms with E-state index in [2.05, 4.69) is 0 Å². The Morgan fingerprint density at radius 3 is 1.36 bits per heavy atom. The molecule has 0 bridgehead atoms. The summed E-state index contributed by atoms with van der Waals surface area (Å²) >= 11 is 0. The van der Waals surface area contributed by atoms with Crippen LogP contribution in [-0.2, 0) is 10.1 Å². The van der Waals surface area contributed by atoms with E-state index in [4.69, 9.17) is 4.55 Å². The van der Waals surface area contributed by atoms with Crippen molar-refractivity contribution in [2.24, 2.45) is 0 Å². The van der Waals surface area contributed by atoms with Crippen LogP contribution >= 0.6 is 12.4 Å². The van der Waals surface area contributed by atoms with Crippen LogP contribution in [0.15, 0.2) is 0 Å². The lowest BCUT2D eigenvalue weighted by Crippen LogP contribution is -2.47. The molecule has 0 aliphatic carbocycles. The first kappa shape index (κ1) is 16.6. The molecule has 6 heteroatoms. The summed E-state index contributed by atoms with van der Waals surface area (Å²) in [5.74, 6) is 0. The van der Waals surface area contributed by atoms with Gasteiger partial charge in [-0.3, -0.25) is 9.45 Å². The standard InChI is InChI=1S/C8H19NO3S.ClH/c1-6(2)9(7(3)4)8(5)13(10,11)12;/h6-8H,1-5H3,(H,10,11,12);1H. The maximum absolute atomic E-state index is 10.9. The van der Waals surface area contributed by atoms with Gasteiger partial charge in [0.15, 0.2) is 0 Å². The Morgan fingerprint density at radius 1 is 1.00 bits per heavy atom. The normalized spacial score (nSPS) is 14.6. The average Bonchev–Trinajstić information content (AvgIpc) is 1.82. The average molecular weight is 246 g/mol. The Morgan fingerprint density at radius 2 is 1.29 bits per heavy atom. The fraction of sp³-hybridized carbons (Fsp3) is 1.00. The van der Waals surface area contributed by atoms with E-state index in [0.29, 0.717) is 0 Å². The van der Waals surface area contributed by atoms with Gasteiger partial charge >= 0.3 is 0 Å². The van der Waals surface area contributed by atoms with Crippen LogP contribution in [0.5, 0.6) is 0 Å². The van der Waals surface area contributed by atoms with Crippen molar-refractivity contribution in [2.45, 2.75) is 52.1 Å². The molecule has 0 fully saturated rings. The van der Waals surface area contributed by atoms with E-state index in [0.717, 1.165) is 0 Å². The van der Waals surface area contributed by atoms with Crippen molar-refractivity contribution in [3.05, 3.63) is 0 Å². The summed E-state index contributed by atoms with van der Waals surface area (Å²) in [7, 11) is -3.97. The van der Waals surface area contributed by atoms with Gasteiger partial charge in [-0.2, -0.15) is 8.42 Å². The number of hydrogen-bond donors (Lipinski definition) is 1. The van der Waals surface area contributed by atoms with Gasteiger partial charge in [-0.05, 0) is 34.6 Å². The molecular formula is C8H20ClNO3S. The van der Waals surface area contributed by atoms with E-state index >= 15 is 0 Å². The zero-order valence-corrected chi connectivity index (χ0v) is 10.9. The molecule has 0 aromatic rings. The van der Waals surface area contributed by atoms with Crippen LogP contribution in [0.25, 0.3) is 0 Å². The second-order valence-electron chi connectivity index (χ2n) is 3.75. The summed E-state index contributed by atoms with van der Waals surface area (Å²) in [6.45, 7) is 9.11. The zero-order valence-electron chi connectivity index (χ0n) is 9.26. The molecule has 0 rings (SSSR count). The van der Waals surface area contributed by atoms with Gasteiger partial charge in [0.2, 0.25) is 0 Å². The van der Waals surface area contributed by atoms with Crippen LogP contribution in [0.4, 0.5) is 0 Å². The maximum atomic E-state index is 10.9. The van der Waals surface area contributed by atoms with Gasteiger partial charge in [-0.1, -0.05) is 0 Å². The molecule has 0 aromatic carbocycles. The molecule has 4 nitrogen and oxygen atoms in total. The van der Waals surface area contributed by atoms with Gasteiger partial charge < -0.3 is 0 Å². The Kier molecular flexibility index (Phi) is 6.99. The first-order chi connectivity index (χ1) is 5.68. The minimum atomic E-state index is -3.97. The van der Waals surface area contributed by atoms with Crippen molar-refractivity contribution in [3.8, 4) is 0 Å². The third kappa shape index (κ3) is 4.59. The Hall–Kier alpha value is 0.160. The summed E-state index contributed by atoms with van der Waals surface area (Å²) in [5.41, 5.74) is 0. The van der Waals surface area contributed by atoms with Crippen molar-refractivity contribution >= 4 is 22.5 Å². The molecule has 1 N–H and O–H groups in total. The number of rotatable bonds is 4. The largest absolute Gasteiger partial charge is 0.284 e. The van der Waals surface area contributed by atoms with Gasteiger partial charge in [0, 0.05) is 12.1 Å². The molecule has 0 aliphatic heterocycles. The fourth-order valence-corrected chi connectivity index (χ4v) is 2.38. The molecule has 0 spiro atoms. The zero-order chi connectivity index (χ0) is 10.8. The monoisotopic (exact) mass is 245 g/mol. The van der Waals surface area contributed by atoms with E-state index < -0.39 is 15.5 Å². The number of hydrogen-bond acceptors (Lipinski definition) is 3. The highest BCUT2D eigenvalue weighted by atomic mass is 35.5. The van der Waals surface area contributed by atoms with Crippen LogP contribution in [0.1, 0.15) is 34.6 Å². The number of halogens is 1. The van der Waals surface area contributed by atoms with E-state index in [9.17, 15) is 8.42 Å². The third-order valence-electron chi connectivity index (χ3n) is 2.04. The van der Waals surface area contributed by atoms with E-state index in [-0.39, 0.29) is 24.5 Å². The van der Waals surface area contributed by atoms with E-state index in [1.54, 1.807) is 4.90 Å². The maximum Gasteiger partial charge on any atom is 0.281 e. The molecule has 0 radical (unpaired) electrons. The van der Waals surface area contributed by atoms with Crippen LogP contribution < -0.4 is 0 Å². The lowest BCUT2D eigenvalue weighted by atomic mass is 10.2. The first-order valence-electron chi connectivity index (χ1n) is 4.41. The van der Waals surface area contributed by atoms with Gasteiger partial charge in [-0.25, -0.2) is 0 Å². The van der Waals surface area contributed by atoms with Crippen LogP contribution in [-0.4, -0.2) is 35.3 Å². The number of nitrogens with zero attached hydrogens (tertiary/aromatic N) is 1. The highest BCUT2D eigenvalue weighted by Gasteiger charge is 2.28. The van der Waals surface area contributed by atoms with Gasteiger partial charge in [-0.15, -0.1) is 12.4 Å². The SMILES string of the molecule is CC(C)N(C(C)C)C(C)S(=O)(=O)O.Cl. The first-order valence-corrected chi connectivity index (χ1v) is 5.92. The van der Waals surface area contributed by atoms with Crippen molar-refractivity contribution < 1.29 is 13.0 Å². The minimum Gasteiger partial charge on any atom is -0.284 e. The van der Waals surface area contributed by atoms with Gasteiger partial charge in [0.25, 0.3) is 10.1 Å². The molecule has 14 heavy (non-hydrogen) atoms. The smallest absolute Gasteiger partial charge is 0.281 e. The molecule has 0 aliphatic rings. The van der Waals surface area contributed by atoms with Gasteiger partial charge in [0.05, 0.1) is 0 Å². The predicted octanol–water partition coefficient (Wildman–Crippen LogP) is 1.76. The molecule has 88 valence electrons. The molecule has 0 heterocycles. The van der Waals surface area contributed by atoms with E-state index in [1.165, 1.54) is 6.92 Å². The highest BCUT2D eigenvalue weighted by Crippen LogP contribution is 2.14. The third-order valence-corrected chi connectivity index (χ3v) is 3.15. The van der Waals surface area contributed by atoms with Crippen molar-refractivity contribution in [1.29, 1.82) is 0 Å². The second kappa shape index (κ2) is 5.90. The predicted molar refractivity (Wildman–Crippen MR) is 60.4 cm³/mol. The summed E-state index contributed by atoms with van der Waals surface area (Å²) in [6.07, 6.45) is 0. The Labute approximate surface area is 92.8 Å². The van der Waals surface area contributed by atoms with Crippen molar-refractivity contribution in [3.63, 3.8) is 0 Å². The topological polar surface area (TPSA) is 57.6 Å². The lowest BCUT2D eigenvalue weighted by Gasteiger charge is -2.34. The van der Waals surface area contributed by atoms with Crippen LogP contribution in [0.3, 0.4) is 0 Å². The highest BCUT2D eigenvalue weighted by molar-refractivity contribution is 7.86. The fourth-order valence-electron chi connectivity index (χ4n) is 1.59. The molecule has 0 aromatic heterocycles. The molecular weight excluding hydrogens is 226 g/mol. The van der Waals surface area contributed by atoms with Crippen molar-refractivity contribution in [1.82, 2.24) is 4.90 Å². The molecule has 0 saturated heterocycles. The second-order valence-corrected chi connectivity index (χ2v) is 5.46.